The lowest BCUT2D eigenvalue weighted by molar-refractivity contribution is -0.143. The number of nitrogens with zero attached hydrogens (tertiary/aromatic N) is 1. The van der Waals surface area contributed by atoms with Gasteiger partial charge in [0.05, 0.1) is 6.04 Å². The second-order valence-electron chi connectivity index (χ2n) is 13.8. The first-order valence-electron chi connectivity index (χ1n) is 14.0. The van der Waals surface area contributed by atoms with Gasteiger partial charge >= 0.3 is 6.03 Å². The van der Waals surface area contributed by atoms with Crippen LogP contribution in [0.5, 0.6) is 0 Å². The van der Waals surface area contributed by atoms with Crippen LogP contribution in [-0.4, -0.2) is 64.6 Å². The van der Waals surface area contributed by atoms with Crippen molar-refractivity contribution >= 4 is 29.5 Å². The van der Waals surface area contributed by atoms with Crippen LogP contribution in [0.4, 0.5) is 4.79 Å². The van der Waals surface area contributed by atoms with Crippen LogP contribution in [0, 0.1) is 22.7 Å². The van der Waals surface area contributed by atoms with Gasteiger partial charge < -0.3 is 26.6 Å². The first-order valence-corrected chi connectivity index (χ1v) is 14.0. The Kier molecular flexibility index (Phi) is 8.53. The summed E-state index contributed by atoms with van der Waals surface area (Å²) in [7, 11) is 0. The number of Topliss-reactive ketones (excluding diaryl/α,β-unsaturated/α-hetero) is 1. The molecule has 0 aromatic carbocycles. The van der Waals surface area contributed by atoms with Crippen molar-refractivity contribution in [1.82, 2.24) is 20.9 Å². The van der Waals surface area contributed by atoms with Gasteiger partial charge in [-0.25, -0.2) is 4.79 Å². The third-order valence-electron chi connectivity index (χ3n) is 8.45. The third kappa shape index (κ3) is 6.86. The number of urea groups is 1. The lowest BCUT2D eigenvalue weighted by Crippen LogP contribution is -2.61. The van der Waals surface area contributed by atoms with Gasteiger partial charge in [-0.3, -0.25) is 19.2 Å². The summed E-state index contributed by atoms with van der Waals surface area (Å²) in [6.45, 7) is 13.7. The van der Waals surface area contributed by atoms with E-state index in [1.165, 1.54) is 0 Å². The molecular formula is C28H47N5O5. The number of primary amides is 1. The summed E-state index contributed by atoms with van der Waals surface area (Å²) in [6, 6.07) is -3.10. The Morgan fingerprint density at radius 3 is 2.08 bits per heavy atom. The summed E-state index contributed by atoms with van der Waals surface area (Å²) >= 11 is 0. The molecule has 1 saturated heterocycles. The molecule has 1 aliphatic heterocycles. The summed E-state index contributed by atoms with van der Waals surface area (Å²) in [5.41, 5.74) is 4.05. The van der Waals surface area contributed by atoms with E-state index in [1.807, 2.05) is 41.5 Å². The van der Waals surface area contributed by atoms with E-state index in [4.69, 9.17) is 5.73 Å². The second kappa shape index (κ2) is 10.8. The van der Waals surface area contributed by atoms with Crippen LogP contribution in [-0.2, 0) is 19.2 Å². The predicted molar refractivity (Wildman–Crippen MR) is 144 cm³/mol. The van der Waals surface area contributed by atoms with E-state index < -0.39 is 52.7 Å². The number of likely N-dealkylation sites (tertiary alicyclic amines) is 1. The highest BCUT2D eigenvalue weighted by atomic mass is 16.2. The molecule has 214 valence electrons. The molecule has 10 nitrogen and oxygen atoms in total. The van der Waals surface area contributed by atoms with Gasteiger partial charge in [-0.1, -0.05) is 53.4 Å². The maximum atomic E-state index is 14.0. The Balaban J connectivity index is 1.84. The molecule has 3 aliphatic rings. The minimum atomic E-state index is -1.07. The Hall–Kier alpha value is -2.65. The molecule has 1 unspecified atom stereocenters. The van der Waals surface area contributed by atoms with E-state index in [9.17, 15) is 24.0 Å². The quantitative estimate of drug-likeness (QED) is 0.335. The number of ketones is 1. The summed E-state index contributed by atoms with van der Waals surface area (Å²) in [5.74, 6) is -1.96. The van der Waals surface area contributed by atoms with Crippen molar-refractivity contribution in [3.05, 3.63) is 0 Å². The van der Waals surface area contributed by atoms with Crippen molar-refractivity contribution in [2.24, 2.45) is 28.4 Å². The zero-order chi connectivity index (χ0) is 28.6. The molecule has 5 N–H and O–H groups in total. The first-order chi connectivity index (χ1) is 17.5. The zero-order valence-corrected chi connectivity index (χ0v) is 24.1. The van der Waals surface area contributed by atoms with Gasteiger partial charge in [0.1, 0.15) is 12.1 Å². The van der Waals surface area contributed by atoms with Gasteiger partial charge in [-0.15, -0.1) is 0 Å². The number of rotatable bonds is 9. The number of carbonyl (C=O) groups excluding carboxylic acids is 5. The van der Waals surface area contributed by atoms with E-state index >= 15 is 0 Å². The average Bonchev–Trinajstić information content (AvgIpc) is 3.29. The Morgan fingerprint density at radius 2 is 1.63 bits per heavy atom. The normalized spacial score (nSPS) is 26.8. The van der Waals surface area contributed by atoms with Gasteiger partial charge in [-0.2, -0.15) is 0 Å². The number of amides is 5. The van der Waals surface area contributed by atoms with Gasteiger partial charge in [0.15, 0.2) is 0 Å². The van der Waals surface area contributed by atoms with Crippen molar-refractivity contribution in [2.45, 2.75) is 117 Å². The molecule has 0 radical (unpaired) electrons. The summed E-state index contributed by atoms with van der Waals surface area (Å²) < 4.78 is 0. The zero-order valence-electron chi connectivity index (χ0n) is 24.1. The first kappa shape index (κ1) is 29.9. The fourth-order valence-corrected chi connectivity index (χ4v) is 5.98. The van der Waals surface area contributed by atoms with E-state index in [1.54, 1.807) is 4.90 Å². The molecule has 5 amide bonds. The fraction of sp³-hybridized carbons (Fsp3) is 0.821. The molecule has 0 bridgehead atoms. The summed E-state index contributed by atoms with van der Waals surface area (Å²) in [4.78, 5) is 66.3. The molecule has 2 saturated carbocycles. The average molecular weight is 534 g/mol. The summed E-state index contributed by atoms with van der Waals surface area (Å²) in [6.07, 6.45) is 5.71. The van der Waals surface area contributed by atoms with E-state index in [0.717, 1.165) is 32.1 Å². The van der Waals surface area contributed by atoms with E-state index in [0.29, 0.717) is 25.3 Å². The van der Waals surface area contributed by atoms with Crippen LogP contribution < -0.4 is 21.7 Å². The van der Waals surface area contributed by atoms with Crippen LogP contribution >= 0.6 is 0 Å². The van der Waals surface area contributed by atoms with Crippen molar-refractivity contribution in [2.75, 3.05) is 6.54 Å². The smallest absolute Gasteiger partial charge is 0.315 e. The molecule has 3 fully saturated rings. The van der Waals surface area contributed by atoms with E-state index in [-0.39, 0.29) is 17.2 Å². The fourth-order valence-electron chi connectivity index (χ4n) is 5.98. The van der Waals surface area contributed by atoms with Crippen molar-refractivity contribution in [3.63, 3.8) is 0 Å². The highest BCUT2D eigenvalue weighted by molar-refractivity contribution is 6.37. The molecule has 38 heavy (non-hydrogen) atoms. The lowest BCUT2D eigenvalue weighted by atomic mass is 9.80. The van der Waals surface area contributed by atoms with Gasteiger partial charge in [0.2, 0.25) is 17.6 Å². The highest BCUT2D eigenvalue weighted by Crippen LogP contribution is 2.61. The van der Waals surface area contributed by atoms with Crippen LogP contribution in [0.2, 0.25) is 0 Å². The van der Waals surface area contributed by atoms with Gasteiger partial charge in [-0.05, 0) is 62.7 Å². The standard InChI is InChI=1S/C28H47N5O5/c1-8-17-13-28(17)14-19(23(36)30-18(20(34)22(29)35)12-16-10-9-11-16)33(15-28)24(37)21(26(2,3)4)31-25(38)32-27(5,6)7/h16-19,21H,8-15H2,1-7H3,(H2,29,35)(H,30,36)(H2,31,32,38)/t17-,18?,19-,21+,28+/m0/s1. The number of carbonyl (C=O) groups is 5. The lowest BCUT2D eigenvalue weighted by Gasteiger charge is -2.36. The van der Waals surface area contributed by atoms with Gasteiger partial charge in [0, 0.05) is 12.1 Å². The number of hydrogen-bond acceptors (Lipinski definition) is 5. The van der Waals surface area contributed by atoms with E-state index in [2.05, 4.69) is 22.9 Å². The molecule has 10 heteroatoms. The van der Waals surface area contributed by atoms with Crippen molar-refractivity contribution < 1.29 is 24.0 Å². The SMILES string of the molecule is CC[C@H]1C[C@]12C[C@@H](C(=O)NC(CC1CCC1)C(=O)C(N)=O)N(C(=O)[C@@H](NC(=O)NC(C)(C)C)C(C)(C)C)C2. The predicted octanol–water partition coefficient (Wildman–Crippen LogP) is 2.25. The monoisotopic (exact) mass is 533 g/mol. The van der Waals surface area contributed by atoms with Crippen LogP contribution in [0.15, 0.2) is 0 Å². The Bertz CT molecular complexity index is 964. The van der Waals surface area contributed by atoms with Gasteiger partial charge in [0.25, 0.3) is 5.91 Å². The van der Waals surface area contributed by atoms with Crippen LogP contribution in [0.25, 0.3) is 0 Å². The molecule has 0 aromatic heterocycles. The number of nitrogens with two attached hydrogens (primary N) is 1. The molecule has 2 aliphatic carbocycles. The minimum Gasteiger partial charge on any atom is -0.363 e. The third-order valence-corrected chi connectivity index (χ3v) is 8.45. The maximum Gasteiger partial charge on any atom is 0.315 e. The topological polar surface area (TPSA) is 151 Å². The maximum absolute atomic E-state index is 14.0. The minimum absolute atomic E-state index is 0.139. The van der Waals surface area contributed by atoms with Crippen LogP contribution in [0.1, 0.15) is 93.4 Å². The number of hydrogen-bond donors (Lipinski definition) is 4. The molecular weight excluding hydrogens is 486 g/mol. The van der Waals surface area contributed by atoms with Crippen LogP contribution in [0.3, 0.4) is 0 Å². The second-order valence-corrected chi connectivity index (χ2v) is 13.8. The number of nitrogens with one attached hydrogen (secondary N) is 3. The molecule has 1 heterocycles. The van der Waals surface area contributed by atoms with Crippen molar-refractivity contribution in [3.8, 4) is 0 Å². The highest BCUT2D eigenvalue weighted by Gasteiger charge is 2.62. The Morgan fingerprint density at radius 1 is 1.00 bits per heavy atom. The molecule has 1 spiro atoms. The molecule has 3 rings (SSSR count). The van der Waals surface area contributed by atoms with Crippen molar-refractivity contribution in [1.29, 1.82) is 0 Å². The largest absolute Gasteiger partial charge is 0.363 e. The molecule has 0 aromatic rings. The Labute approximate surface area is 226 Å². The molecule has 5 atom stereocenters. The summed E-state index contributed by atoms with van der Waals surface area (Å²) in [5, 5.41) is 8.48.